The van der Waals surface area contributed by atoms with Crippen LogP contribution in [-0.2, 0) is 0 Å². The summed E-state index contributed by atoms with van der Waals surface area (Å²) >= 11 is 0. The second kappa shape index (κ2) is 6.21. The fourth-order valence-electron chi connectivity index (χ4n) is 1.63. The van der Waals surface area contributed by atoms with Crippen LogP contribution >= 0.6 is 0 Å². The molecule has 0 amide bonds. The Morgan fingerprint density at radius 3 is 2.56 bits per heavy atom. The van der Waals surface area contributed by atoms with Crippen molar-refractivity contribution in [2.75, 3.05) is 7.05 Å². The molecule has 1 aromatic carbocycles. The van der Waals surface area contributed by atoms with E-state index in [0.29, 0.717) is 5.92 Å². The van der Waals surface area contributed by atoms with Crippen LogP contribution < -0.4 is 0 Å². The predicted molar refractivity (Wildman–Crippen MR) is 71.8 cm³/mol. The molecule has 0 saturated heterocycles. The maximum Gasteiger partial charge on any atom is 0.154 e. The first kappa shape index (κ1) is 12.6. The van der Waals surface area contributed by atoms with Gasteiger partial charge in [0.2, 0.25) is 0 Å². The van der Waals surface area contributed by atoms with E-state index in [1.165, 1.54) is 5.56 Å². The summed E-state index contributed by atoms with van der Waals surface area (Å²) in [5, 5.41) is 0. The zero-order chi connectivity index (χ0) is 12.0. The number of hydrogen-bond donors (Lipinski definition) is 0. The quantitative estimate of drug-likeness (QED) is 0.544. The molecule has 2 heteroatoms. The van der Waals surface area contributed by atoms with Gasteiger partial charge < -0.3 is 0 Å². The van der Waals surface area contributed by atoms with Crippen LogP contribution in [0.5, 0.6) is 0 Å². The van der Waals surface area contributed by atoms with Crippen LogP contribution in [-0.4, -0.2) is 19.1 Å². The Morgan fingerprint density at radius 1 is 1.31 bits per heavy atom. The van der Waals surface area contributed by atoms with Gasteiger partial charge in [-0.3, -0.25) is 4.99 Å². The van der Waals surface area contributed by atoms with Crippen LogP contribution in [0, 0.1) is 0 Å². The molecule has 86 valence electrons. The molecule has 0 aliphatic carbocycles. The average molecular weight is 216 g/mol. The molecular formula is C14H20N2. The second-order valence-corrected chi connectivity index (χ2v) is 4.01. The number of nitrogens with zero attached hydrogens (tertiary/aromatic N) is 2. The zero-order valence-corrected chi connectivity index (χ0v) is 10.6. The average Bonchev–Trinajstić information content (AvgIpc) is 2.30. The third kappa shape index (κ3) is 3.02. The lowest BCUT2D eigenvalue weighted by atomic mass is 9.97. The molecule has 0 unspecified atom stereocenters. The van der Waals surface area contributed by atoms with Gasteiger partial charge in [-0.1, -0.05) is 45.0 Å². The third-order valence-corrected chi connectivity index (χ3v) is 2.43. The Morgan fingerprint density at radius 2 is 2.00 bits per heavy atom. The summed E-state index contributed by atoms with van der Waals surface area (Å²) in [4.78, 5) is 8.66. The van der Waals surface area contributed by atoms with Gasteiger partial charge in [-0.15, -0.1) is 0 Å². The van der Waals surface area contributed by atoms with Gasteiger partial charge in [-0.25, -0.2) is 4.99 Å². The van der Waals surface area contributed by atoms with Crippen molar-refractivity contribution in [2.45, 2.75) is 33.1 Å². The van der Waals surface area contributed by atoms with Crippen molar-refractivity contribution in [3.8, 4) is 0 Å². The van der Waals surface area contributed by atoms with E-state index in [9.17, 15) is 0 Å². The summed E-state index contributed by atoms with van der Waals surface area (Å²) in [6, 6.07) is 8.33. The van der Waals surface area contributed by atoms with Gasteiger partial charge in [-0.2, -0.15) is 0 Å². The minimum absolute atomic E-state index is 0.491. The van der Waals surface area contributed by atoms with Crippen LogP contribution in [0.25, 0.3) is 0 Å². The van der Waals surface area contributed by atoms with E-state index in [1.54, 1.807) is 7.05 Å². The minimum atomic E-state index is 0.491. The molecule has 0 saturated carbocycles. The fraction of sp³-hybridized carbons (Fsp3) is 0.429. The molecule has 0 aromatic heterocycles. The maximum absolute atomic E-state index is 4.40. The first-order valence-corrected chi connectivity index (χ1v) is 5.79. The van der Waals surface area contributed by atoms with Gasteiger partial charge in [0.1, 0.15) is 0 Å². The Kier molecular flexibility index (Phi) is 4.90. The van der Waals surface area contributed by atoms with Gasteiger partial charge in [0.25, 0.3) is 0 Å². The normalized spacial score (nSPS) is 12.7. The van der Waals surface area contributed by atoms with Crippen LogP contribution in [0.3, 0.4) is 0 Å². The molecule has 2 nitrogen and oxygen atoms in total. The molecule has 0 aliphatic heterocycles. The molecule has 1 rings (SSSR count). The summed E-state index contributed by atoms with van der Waals surface area (Å²) in [5.74, 6) is 1.32. The number of hydrogen-bond acceptors (Lipinski definition) is 1. The van der Waals surface area contributed by atoms with Crippen molar-refractivity contribution in [1.29, 1.82) is 0 Å². The highest BCUT2D eigenvalue weighted by Crippen LogP contribution is 2.20. The number of benzene rings is 1. The van der Waals surface area contributed by atoms with E-state index < -0.39 is 0 Å². The highest BCUT2D eigenvalue weighted by molar-refractivity contribution is 6.04. The second-order valence-electron chi connectivity index (χ2n) is 4.01. The molecule has 0 N–H and O–H groups in total. The summed E-state index contributed by atoms with van der Waals surface area (Å²) in [5.41, 5.74) is 2.45. The predicted octanol–water partition coefficient (Wildman–Crippen LogP) is 3.67. The maximum atomic E-state index is 4.40. The summed E-state index contributed by atoms with van der Waals surface area (Å²) < 4.78 is 0. The van der Waals surface area contributed by atoms with Crippen molar-refractivity contribution in [3.05, 3.63) is 35.4 Å². The van der Waals surface area contributed by atoms with Crippen molar-refractivity contribution in [3.63, 3.8) is 0 Å². The van der Waals surface area contributed by atoms with Crippen molar-refractivity contribution in [2.24, 2.45) is 9.98 Å². The molecule has 1 aromatic rings. The standard InChI is InChI=1S/C14H20N2/c1-5-10-16-14(15-4)13-9-7-6-8-12(13)11(2)3/h6-11H,5H2,1-4H3. The lowest BCUT2D eigenvalue weighted by molar-refractivity contribution is 0.863. The molecule has 0 heterocycles. The first-order valence-electron chi connectivity index (χ1n) is 5.79. The van der Waals surface area contributed by atoms with E-state index in [1.807, 2.05) is 12.3 Å². The van der Waals surface area contributed by atoms with E-state index in [2.05, 4.69) is 49.0 Å². The van der Waals surface area contributed by atoms with Gasteiger partial charge >= 0.3 is 0 Å². The lowest BCUT2D eigenvalue weighted by Crippen LogP contribution is -2.04. The van der Waals surface area contributed by atoms with Crippen molar-refractivity contribution < 1.29 is 0 Å². The van der Waals surface area contributed by atoms with Gasteiger partial charge in [-0.05, 0) is 17.9 Å². The Bertz CT molecular complexity index is 389. The molecule has 16 heavy (non-hydrogen) atoms. The lowest BCUT2D eigenvalue weighted by Gasteiger charge is -2.11. The topological polar surface area (TPSA) is 24.7 Å². The molecule has 0 radical (unpaired) electrons. The van der Waals surface area contributed by atoms with Gasteiger partial charge in [0, 0.05) is 18.8 Å². The highest BCUT2D eigenvalue weighted by atomic mass is 14.9. The van der Waals surface area contributed by atoms with E-state index in [4.69, 9.17) is 0 Å². The van der Waals surface area contributed by atoms with Crippen LogP contribution in [0.4, 0.5) is 0 Å². The van der Waals surface area contributed by atoms with Gasteiger partial charge in [0.15, 0.2) is 5.84 Å². The van der Waals surface area contributed by atoms with Crippen LogP contribution in [0.2, 0.25) is 0 Å². The number of amidine groups is 1. The van der Waals surface area contributed by atoms with Crippen molar-refractivity contribution in [1.82, 2.24) is 0 Å². The smallest absolute Gasteiger partial charge is 0.154 e. The molecule has 0 spiro atoms. The molecule has 0 atom stereocenters. The monoisotopic (exact) mass is 216 g/mol. The largest absolute Gasteiger partial charge is 0.270 e. The zero-order valence-electron chi connectivity index (χ0n) is 10.6. The molecular weight excluding hydrogens is 196 g/mol. The minimum Gasteiger partial charge on any atom is -0.270 e. The Balaban J connectivity index is 3.15. The summed E-state index contributed by atoms with van der Waals surface area (Å²) in [6.45, 7) is 6.45. The van der Waals surface area contributed by atoms with Crippen molar-refractivity contribution >= 4 is 12.1 Å². The van der Waals surface area contributed by atoms with E-state index >= 15 is 0 Å². The molecule has 0 aliphatic rings. The third-order valence-electron chi connectivity index (χ3n) is 2.43. The van der Waals surface area contributed by atoms with E-state index in [-0.39, 0.29) is 0 Å². The highest BCUT2D eigenvalue weighted by Gasteiger charge is 2.09. The summed E-state index contributed by atoms with van der Waals surface area (Å²) in [7, 11) is 1.79. The Hall–Kier alpha value is -1.44. The number of rotatable bonds is 3. The fourth-order valence-corrected chi connectivity index (χ4v) is 1.63. The SMILES string of the molecule is CCC=NC(=NC)c1ccccc1C(C)C. The number of aliphatic imine (C=N–C) groups is 2. The Labute approximate surface area is 98.1 Å². The van der Waals surface area contributed by atoms with Crippen LogP contribution in [0.1, 0.15) is 44.2 Å². The molecule has 0 bridgehead atoms. The summed E-state index contributed by atoms with van der Waals surface area (Å²) in [6.07, 6.45) is 2.84. The van der Waals surface area contributed by atoms with E-state index in [0.717, 1.165) is 17.8 Å². The first-order chi connectivity index (χ1) is 7.70. The molecule has 0 fully saturated rings. The van der Waals surface area contributed by atoms with Crippen LogP contribution in [0.15, 0.2) is 34.3 Å². The van der Waals surface area contributed by atoms with Gasteiger partial charge in [0.05, 0.1) is 0 Å².